The Hall–Kier alpha value is -1.88. The smallest absolute Gasteiger partial charge is 0.335 e. The van der Waals surface area contributed by atoms with Gasteiger partial charge >= 0.3 is 5.97 Å². The first kappa shape index (κ1) is 14.2. The van der Waals surface area contributed by atoms with Crippen LogP contribution in [-0.4, -0.2) is 42.5 Å². The molecule has 0 spiro atoms. The molecule has 1 aromatic carbocycles. The summed E-state index contributed by atoms with van der Waals surface area (Å²) in [4.78, 5) is 23.9. The fraction of sp³-hybridized carbons (Fsp3) is 0.385. The maximum atomic E-state index is 11.1. The zero-order chi connectivity index (χ0) is 13.5. The monoisotopic (exact) mass is 250 g/mol. The molecule has 1 aromatic rings. The van der Waals surface area contributed by atoms with Gasteiger partial charge in [-0.2, -0.15) is 0 Å². The van der Waals surface area contributed by atoms with Gasteiger partial charge in [0.1, 0.15) is 0 Å². The molecule has 0 aliphatic rings. The van der Waals surface area contributed by atoms with Crippen LogP contribution in [0.3, 0.4) is 0 Å². The van der Waals surface area contributed by atoms with E-state index in [2.05, 4.69) is 5.32 Å². The third-order valence-corrected chi connectivity index (χ3v) is 2.63. The number of aromatic carboxylic acids is 1. The Morgan fingerprint density at radius 3 is 2.72 bits per heavy atom. The van der Waals surface area contributed by atoms with Crippen molar-refractivity contribution in [1.82, 2.24) is 10.2 Å². The minimum absolute atomic E-state index is 0.00105. The number of nitrogens with zero attached hydrogens (tertiary/aromatic N) is 1. The van der Waals surface area contributed by atoms with E-state index in [0.29, 0.717) is 19.5 Å². The van der Waals surface area contributed by atoms with Gasteiger partial charge in [0.2, 0.25) is 5.91 Å². The number of benzene rings is 1. The zero-order valence-corrected chi connectivity index (χ0v) is 10.6. The van der Waals surface area contributed by atoms with Gasteiger partial charge in [-0.25, -0.2) is 4.79 Å². The van der Waals surface area contributed by atoms with E-state index in [-0.39, 0.29) is 11.5 Å². The van der Waals surface area contributed by atoms with E-state index in [0.717, 1.165) is 5.56 Å². The lowest BCUT2D eigenvalue weighted by molar-refractivity contribution is -0.120. The summed E-state index contributed by atoms with van der Waals surface area (Å²) in [6.45, 7) is 1.26. The number of amides is 1. The van der Waals surface area contributed by atoms with Crippen LogP contribution in [0, 0.1) is 0 Å². The quantitative estimate of drug-likeness (QED) is 0.788. The maximum Gasteiger partial charge on any atom is 0.335 e. The van der Waals surface area contributed by atoms with Crippen LogP contribution >= 0.6 is 0 Å². The minimum atomic E-state index is -0.926. The number of carbonyl (C=O) groups excluding carboxylic acids is 1. The first-order valence-electron chi connectivity index (χ1n) is 5.74. The lowest BCUT2D eigenvalue weighted by Crippen LogP contribution is -2.26. The molecular formula is C13H18N2O3. The highest BCUT2D eigenvalue weighted by Crippen LogP contribution is 2.08. The molecule has 18 heavy (non-hydrogen) atoms. The van der Waals surface area contributed by atoms with Gasteiger partial charge in [-0.3, -0.25) is 4.79 Å². The van der Waals surface area contributed by atoms with Crippen LogP contribution in [0.15, 0.2) is 24.3 Å². The number of rotatable bonds is 6. The van der Waals surface area contributed by atoms with Crippen molar-refractivity contribution in [3.05, 3.63) is 35.4 Å². The summed E-state index contributed by atoms with van der Waals surface area (Å²) in [5, 5.41) is 11.4. The highest BCUT2D eigenvalue weighted by molar-refractivity contribution is 5.87. The SMILES string of the molecule is CNC(=O)CCN(C)Cc1cccc(C(=O)O)c1. The number of hydrogen-bond donors (Lipinski definition) is 2. The van der Waals surface area contributed by atoms with Crippen molar-refractivity contribution in [1.29, 1.82) is 0 Å². The first-order chi connectivity index (χ1) is 8.52. The van der Waals surface area contributed by atoms with Crippen LogP contribution < -0.4 is 5.32 Å². The summed E-state index contributed by atoms with van der Waals surface area (Å²) < 4.78 is 0. The molecule has 0 aliphatic carbocycles. The largest absolute Gasteiger partial charge is 0.478 e. The number of carboxylic acids is 1. The molecular weight excluding hydrogens is 232 g/mol. The van der Waals surface area contributed by atoms with Gasteiger partial charge in [0.05, 0.1) is 5.56 Å². The average molecular weight is 250 g/mol. The number of carbonyl (C=O) groups is 2. The third-order valence-electron chi connectivity index (χ3n) is 2.63. The highest BCUT2D eigenvalue weighted by Gasteiger charge is 2.06. The van der Waals surface area contributed by atoms with E-state index in [1.165, 1.54) is 0 Å². The topological polar surface area (TPSA) is 69.6 Å². The molecule has 0 unspecified atom stereocenters. The van der Waals surface area contributed by atoms with Crippen molar-refractivity contribution in [2.75, 3.05) is 20.6 Å². The second kappa shape index (κ2) is 6.76. The van der Waals surface area contributed by atoms with E-state index in [9.17, 15) is 9.59 Å². The van der Waals surface area contributed by atoms with Gasteiger partial charge in [0.15, 0.2) is 0 Å². The predicted octanol–water partition coefficient (Wildman–Crippen LogP) is 0.953. The summed E-state index contributed by atoms with van der Waals surface area (Å²) in [5.41, 5.74) is 1.21. The molecule has 0 saturated carbocycles. The van der Waals surface area contributed by atoms with Crippen molar-refractivity contribution >= 4 is 11.9 Å². The second-order valence-corrected chi connectivity index (χ2v) is 4.17. The molecule has 0 aromatic heterocycles. The Morgan fingerprint density at radius 2 is 2.11 bits per heavy atom. The Balaban J connectivity index is 2.53. The molecule has 5 heteroatoms. The molecule has 0 saturated heterocycles. The Morgan fingerprint density at radius 1 is 1.39 bits per heavy atom. The second-order valence-electron chi connectivity index (χ2n) is 4.17. The van der Waals surface area contributed by atoms with Crippen molar-refractivity contribution in [2.45, 2.75) is 13.0 Å². The van der Waals surface area contributed by atoms with Crippen molar-refractivity contribution in [3.63, 3.8) is 0 Å². The van der Waals surface area contributed by atoms with Gasteiger partial charge in [-0.15, -0.1) is 0 Å². The van der Waals surface area contributed by atoms with E-state index < -0.39 is 5.97 Å². The molecule has 0 atom stereocenters. The predicted molar refractivity (Wildman–Crippen MR) is 68.4 cm³/mol. The maximum absolute atomic E-state index is 11.1. The molecule has 98 valence electrons. The number of carboxylic acid groups (broad SMARTS) is 1. The molecule has 0 radical (unpaired) electrons. The van der Waals surface area contributed by atoms with Crippen LogP contribution in [-0.2, 0) is 11.3 Å². The highest BCUT2D eigenvalue weighted by atomic mass is 16.4. The molecule has 0 fully saturated rings. The lowest BCUT2D eigenvalue weighted by atomic mass is 10.1. The van der Waals surface area contributed by atoms with E-state index in [1.54, 1.807) is 25.2 Å². The molecule has 5 nitrogen and oxygen atoms in total. The number of nitrogens with one attached hydrogen (secondary N) is 1. The average Bonchev–Trinajstić information content (AvgIpc) is 2.36. The van der Waals surface area contributed by atoms with Crippen molar-refractivity contribution in [3.8, 4) is 0 Å². The zero-order valence-electron chi connectivity index (χ0n) is 10.6. The molecule has 0 bridgehead atoms. The van der Waals surface area contributed by atoms with Gasteiger partial charge in [-0.1, -0.05) is 12.1 Å². The molecule has 2 N–H and O–H groups in total. The van der Waals surface area contributed by atoms with Gasteiger partial charge in [0, 0.05) is 26.6 Å². The van der Waals surface area contributed by atoms with Crippen molar-refractivity contribution in [2.24, 2.45) is 0 Å². The van der Waals surface area contributed by atoms with E-state index >= 15 is 0 Å². The Bertz CT molecular complexity index is 432. The van der Waals surface area contributed by atoms with E-state index in [4.69, 9.17) is 5.11 Å². The Labute approximate surface area is 106 Å². The van der Waals surface area contributed by atoms with Crippen LogP contribution in [0.4, 0.5) is 0 Å². The van der Waals surface area contributed by atoms with Gasteiger partial charge in [0.25, 0.3) is 0 Å². The standard InChI is InChI=1S/C13H18N2O3/c1-14-12(16)6-7-15(2)9-10-4-3-5-11(8-10)13(17)18/h3-5,8H,6-7,9H2,1-2H3,(H,14,16)(H,17,18). The Kier molecular flexibility index (Phi) is 5.32. The molecule has 1 amide bonds. The van der Waals surface area contributed by atoms with Crippen LogP contribution in [0.25, 0.3) is 0 Å². The minimum Gasteiger partial charge on any atom is -0.478 e. The molecule has 1 rings (SSSR count). The van der Waals surface area contributed by atoms with E-state index in [1.807, 2.05) is 18.0 Å². The summed E-state index contributed by atoms with van der Waals surface area (Å²) in [5.74, 6) is -0.925. The van der Waals surface area contributed by atoms with Gasteiger partial charge < -0.3 is 15.3 Å². The number of hydrogen-bond acceptors (Lipinski definition) is 3. The molecule has 0 aliphatic heterocycles. The van der Waals surface area contributed by atoms with Crippen molar-refractivity contribution < 1.29 is 14.7 Å². The summed E-state index contributed by atoms with van der Waals surface area (Å²) in [6.07, 6.45) is 0.436. The van der Waals surface area contributed by atoms with Crippen LogP contribution in [0.2, 0.25) is 0 Å². The van der Waals surface area contributed by atoms with Crippen LogP contribution in [0.1, 0.15) is 22.3 Å². The first-order valence-corrected chi connectivity index (χ1v) is 5.74. The summed E-state index contributed by atoms with van der Waals surface area (Å²) >= 11 is 0. The third kappa shape index (κ3) is 4.55. The summed E-state index contributed by atoms with van der Waals surface area (Å²) in [6, 6.07) is 6.82. The van der Waals surface area contributed by atoms with Gasteiger partial charge in [-0.05, 0) is 24.7 Å². The molecule has 0 heterocycles. The summed E-state index contributed by atoms with van der Waals surface area (Å²) in [7, 11) is 3.51. The fourth-order valence-corrected chi connectivity index (χ4v) is 1.61. The fourth-order valence-electron chi connectivity index (χ4n) is 1.61. The normalized spacial score (nSPS) is 10.4. The van der Waals surface area contributed by atoms with Crippen LogP contribution in [0.5, 0.6) is 0 Å². The lowest BCUT2D eigenvalue weighted by Gasteiger charge is -2.16.